The first-order valence-electron chi connectivity index (χ1n) is 10.1. The molecule has 0 radical (unpaired) electrons. The van der Waals surface area contributed by atoms with Gasteiger partial charge >= 0.3 is 5.97 Å². The van der Waals surface area contributed by atoms with Crippen molar-refractivity contribution in [1.29, 1.82) is 0 Å². The normalized spacial score (nSPS) is 24.1. The summed E-state index contributed by atoms with van der Waals surface area (Å²) in [5, 5.41) is 3.54. The standard InChI is InChI=1S/C22H27ClN2O4/c23-18-10-8-16(9-11-18)14-24-20(26)13-17-5-2-1-3-7-21(27)29-15-19-6-4-12-25(19)22(17)28/h1-2,8-11,17,19H,3-7,12-15H2,(H,24,26)/b2-1+/t17-,19?/m0/s1. The van der Waals surface area contributed by atoms with Crippen LogP contribution >= 0.6 is 11.6 Å². The Kier molecular flexibility index (Phi) is 7.69. The highest BCUT2D eigenvalue weighted by atomic mass is 35.5. The van der Waals surface area contributed by atoms with E-state index in [1.807, 2.05) is 24.3 Å². The molecule has 1 unspecified atom stereocenters. The van der Waals surface area contributed by atoms with Crippen molar-refractivity contribution in [2.24, 2.45) is 5.92 Å². The van der Waals surface area contributed by atoms with Crippen LogP contribution < -0.4 is 5.32 Å². The van der Waals surface area contributed by atoms with E-state index in [4.69, 9.17) is 16.3 Å². The number of nitrogens with zero attached hydrogens (tertiary/aromatic N) is 1. The molecule has 1 aromatic carbocycles. The van der Waals surface area contributed by atoms with Gasteiger partial charge in [0, 0.05) is 31.0 Å². The molecule has 6 nitrogen and oxygen atoms in total. The van der Waals surface area contributed by atoms with Crippen molar-refractivity contribution in [2.45, 2.75) is 51.1 Å². The van der Waals surface area contributed by atoms with Gasteiger partial charge in [-0.15, -0.1) is 0 Å². The number of benzene rings is 1. The molecule has 0 aliphatic carbocycles. The number of fused-ring (bicyclic) bond motifs is 1. The summed E-state index contributed by atoms with van der Waals surface area (Å²) in [4.78, 5) is 39.2. The van der Waals surface area contributed by atoms with Crippen molar-refractivity contribution in [3.8, 4) is 0 Å². The first-order valence-corrected chi connectivity index (χ1v) is 10.5. The fourth-order valence-electron chi connectivity index (χ4n) is 3.74. The van der Waals surface area contributed by atoms with Crippen molar-refractivity contribution in [3.63, 3.8) is 0 Å². The van der Waals surface area contributed by atoms with E-state index in [0.29, 0.717) is 37.4 Å². The Balaban J connectivity index is 1.63. The van der Waals surface area contributed by atoms with Gasteiger partial charge in [-0.25, -0.2) is 0 Å². The number of hydrogen-bond acceptors (Lipinski definition) is 4. The number of rotatable bonds is 4. The minimum atomic E-state index is -0.410. The van der Waals surface area contributed by atoms with Gasteiger partial charge < -0.3 is 15.0 Å². The van der Waals surface area contributed by atoms with E-state index in [1.165, 1.54) is 0 Å². The maximum atomic E-state index is 13.1. The molecule has 1 aromatic rings. The number of halogens is 1. The second kappa shape index (κ2) is 10.4. The van der Waals surface area contributed by atoms with Gasteiger partial charge in [-0.3, -0.25) is 14.4 Å². The van der Waals surface area contributed by atoms with E-state index >= 15 is 0 Å². The number of carbonyl (C=O) groups excluding carboxylic acids is 3. The van der Waals surface area contributed by atoms with Crippen molar-refractivity contribution < 1.29 is 19.1 Å². The van der Waals surface area contributed by atoms with Crippen LogP contribution in [0, 0.1) is 5.92 Å². The van der Waals surface area contributed by atoms with Gasteiger partial charge in [-0.2, -0.15) is 0 Å². The van der Waals surface area contributed by atoms with E-state index in [-0.39, 0.29) is 36.9 Å². The largest absolute Gasteiger partial charge is 0.463 e. The van der Waals surface area contributed by atoms with Gasteiger partial charge in [-0.1, -0.05) is 35.9 Å². The van der Waals surface area contributed by atoms with Crippen LogP contribution in [0.2, 0.25) is 5.02 Å². The van der Waals surface area contributed by atoms with Crippen LogP contribution in [0.4, 0.5) is 0 Å². The predicted octanol–water partition coefficient (Wildman–Crippen LogP) is 3.24. The van der Waals surface area contributed by atoms with E-state index in [0.717, 1.165) is 18.4 Å². The molecule has 0 spiro atoms. The summed E-state index contributed by atoms with van der Waals surface area (Å²) in [6, 6.07) is 7.20. The molecular formula is C22H27ClN2O4. The number of amides is 2. The van der Waals surface area contributed by atoms with Crippen LogP contribution in [0.15, 0.2) is 36.4 Å². The fourth-order valence-corrected chi connectivity index (χ4v) is 3.87. The van der Waals surface area contributed by atoms with Gasteiger partial charge in [0.25, 0.3) is 0 Å². The molecule has 156 valence electrons. The summed E-state index contributed by atoms with van der Waals surface area (Å²) in [6.07, 6.45) is 7.04. The Morgan fingerprint density at radius 1 is 1.21 bits per heavy atom. The SMILES string of the molecule is O=C(C[C@@H]1C/C=C/CCC(=O)OCC2CCCN2C1=O)NCc1ccc(Cl)cc1. The highest BCUT2D eigenvalue weighted by Crippen LogP contribution is 2.24. The predicted molar refractivity (Wildman–Crippen MR) is 110 cm³/mol. The number of allylic oxidation sites excluding steroid dienone is 2. The fraction of sp³-hybridized carbons (Fsp3) is 0.500. The summed E-state index contributed by atoms with van der Waals surface area (Å²) in [5.74, 6) is -0.823. The molecule has 0 aromatic heterocycles. The zero-order valence-corrected chi connectivity index (χ0v) is 17.2. The lowest BCUT2D eigenvalue weighted by Crippen LogP contribution is -2.43. The number of cyclic esters (lactones) is 1. The van der Waals surface area contributed by atoms with Crippen LogP contribution in [0.5, 0.6) is 0 Å². The molecule has 0 bridgehead atoms. The van der Waals surface area contributed by atoms with Crippen LogP contribution in [0.25, 0.3) is 0 Å². The van der Waals surface area contributed by atoms with Crippen molar-refractivity contribution in [2.75, 3.05) is 13.2 Å². The molecule has 1 saturated heterocycles. The quantitative estimate of drug-likeness (QED) is 0.601. The van der Waals surface area contributed by atoms with Gasteiger partial charge in [0.1, 0.15) is 6.61 Å². The Morgan fingerprint density at radius 3 is 2.79 bits per heavy atom. The minimum absolute atomic E-state index is 0.0320. The molecular weight excluding hydrogens is 392 g/mol. The molecule has 0 saturated carbocycles. The smallest absolute Gasteiger partial charge is 0.306 e. The van der Waals surface area contributed by atoms with Crippen LogP contribution in [0.3, 0.4) is 0 Å². The second-order valence-electron chi connectivity index (χ2n) is 7.56. The molecule has 2 amide bonds. The molecule has 29 heavy (non-hydrogen) atoms. The zero-order chi connectivity index (χ0) is 20.6. The molecule has 2 aliphatic rings. The molecule has 2 atom stereocenters. The average molecular weight is 419 g/mol. The summed E-state index contributed by atoms with van der Waals surface area (Å²) in [6.45, 7) is 1.28. The topological polar surface area (TPSA) is 75.7 Å². The first kappa shape index (κ1) is 21.4. The number of nitrogens with one attached hydrogen (secondary N) is 1. The van der Waals surface area contributed by atoms with Crippen LogP contribution in [0.1, 0.15) is 44.1 Å². The molecule has 3 rings (SSSR count). The lowest BCUT2D eigenvalue weighted by molar-refractivity contribution is -0.148. The van der Waals surface area contributed by atoms with Crippen molar-refractivity contribution in [1.82, 2.24) is 10.2 Å². The first-order chi connectivity index (χ1) is 14.0. The van der Waals surface area contributed by atoms with Gasteiger partial charge in [-0.05, 0) is 43.4 Å². The van der Waals surface area contributed by atoms with Crippen molar-refractivity contribution >= 4 is 29.4 Å². The lowest BCUT2D eigenvalue weighted by atomic mass is 9.97. The Bertz CT molecular complexity index is 763. The lowest BCUT2D eigenvalue weighted by Gasteiger charge is -2.28. The zero-order valence-electron chi connectivity index (χ0n) is 16.4. The molecule has 2 heterocycles. The summed E-state index contributed by atoms with van der Waals surface area (Å²) < 4.78 is 5.33. The third-order valence-electron chi connectivity index (χ3n) is 5.38. The molecule has 7 heteroatoms. The summed E-state index contributed by atoms with van der Waals surface area (Å²) in [5.41, 5.74) is 0.953. The van der Waals surface area contributed by atoms with Crippen molar-refractivity contribution in [3.05, 3.63) is 47.0 Å². The van der Waals surface area contributed by atoms with E-state index in [9.17, 15) is 14.4 Å². The Morgan fingerprint density at radius 2 is 2.00 bits per heavy atom. The van der Waals surface area contributed by atoms with E-state index in [2.05, 4.69) is 5.32 Å². The van der Waals surface area contributed by atoms with Crippen LogP contribution in [-0.2, 0) is 25.7 Å². The number of ether oxygens (including phenoxy) is 1. The van der Waals surface area contributed by atoms with Gasteiger partial charge in [0.15, 0.2) is 0 Å². The summed E-state index contributed by atoms with van der Waals surface area (Å²) in [7, 11) is 0. The molecule has 2 aliphatic heterocycles. The number of esters is 1. The third-order valence-corrected chi connectivity index (χ3v) is 5.64. The maximum absolute atomic E-state index is 13.1. The van der Waals surface area contributed by atoms with Gasteiger partial charge in [0.2, 0.25) is 11.8 Å². The highest BCUT2D eigenvalue weighted by molar-refractivity contribution is 6.30. The molecule has 1 N–H and O–H groups in total. The Labute approximate surface area is 176 Å². The number of hydrogen-bond donors (Lipinski definition) is 1. The second-order valence-corrected chi connectivity index (χ2v) is 8.00. The van der Waals surface area contributed by atoms with E-state index < -0.39 is 5.92 Å². The van der Waals surface area contributed by atoms with Gasteiger partial charge in [0.05, 0.1) is 12.0 Å². The third kappa shape index (κ3) is 6.32. The number of carbonyl (C=O) groups is 3. The average Bonchev–Trinajstić information content (AvgIpc) is 3.18. The summed E-state index contributed by atoms with van der Waals surface area (Å²) >= 11 is 5.88. The minimum Gasteiger partial charge on any atom is -0.463 e. The van der Waals surface area contributed by atoms with E-state index in [1.54, 1.807) is 17.0 Å². The monoisotopic (exact) mass is 418 g/mol. The Hall–Kier alpha value is -2.34. The maximum Gasteiger partial charge on any atom is 0.306 e. The van der Waals surface area contributed by atoms with Crippen LogP contribution in [-0.4, -0.2) is 41.9 Å². The highest BCUT2D eigenvalue weighted by Gasteiger charge is 2.34. The molecule has 1 fully saturated rings.